The second-order valence-electron chi connectivity index (χ2n) is 4.51. The van der Waals surface area contributed by atoms with Crippen molar-refractivity contribution in [1.82, 2.24) is 19.9 Å². The third kappa shape index (κ3) is 2.87. The summed E-state index contributed by atoms with van der Waals surface area (Å²) in [4.78, 5) is 30.4. The molecule has 0 bridgehead atoms. The predicted molar refractivity (Wildman–Crippen MR) is 75.8 cm³/mol. The number of anilines is 2. The average Bonchev–Trinajstić information content (AvgIpc) is 2.43. The number of carbonyl (C=O) groups is 1. The number of nitrogens with zero attached hydrogens (tertiary/aromatic N) is 5. The fourth-order valence-electron chi connectivity index (χ4n) is 1.67. The molecule has 0 saturated carbocycles. The molecule has 0 spiro atoms. The van der Waals surface area contributed by atoms with Gasteiger partial charge < -0.3 is 10.2 Å². The van der Waals surface area contributed by atoms with Crippen LogP contribution in [0.15, 0.2) is 18.6 Å². The lowest BCUT2D eigenvalue weighted by Gasteiger charge is -2.15. The second-order valence-corrected chi connectivity index (χ2v) is 4.51. The van der Waals surface area contributed by atoms with E-state index in [1.807, 2.05) is 32.8 Å². The number of rotatable bonds is 3. The zero-order chi connectivity index (χ0) is 14.7. The second kappa shape index (κ2) is 5.60. The van der Waals surface area contributed by atoms with E-state index >= 15 is 0 Å². The maximum absolute atomic E-state index is 12.1. The van der Waals surface area contributed by atoms with Crippen molar-refractivity contribution in [2.45, 2.75) is 13.8 Å². The molecule has 2 aromatic heterocycles. The first-order valence-corrected chi connectivity index (χ1v) is 6.09. The summed E-state index contributed by atoms with van der Waals surface area (Å²) >= 11 is 0. The Kier molecular flexibility index (Phi) is 3.88. The average molecular weight is 272 g/mol. The van der Waals surface area contributed by atoms with Crippen LogP contribution in [0.3, 0.4) is 0 Å². The van der Waals surface area contributed by atoms with E-state index < -0.39 is 0 Å². The van der Waals surface area contributed by atoms with Gasteiger partial charge in [-0.15, -0.1) is 0 Å². The Morgan fingerprint density at radius 2 is 1.80 bits per heavy atom. The Bertz CT molecular complexity index is 603. The van der Waals surface area contributed by atoms with E-state index in [9.17, 15) is 4.79 Å². The van der Waals surface area contributed by atoms with Gasteiger partial charge in [0.25, 0.3) is 5.91 Å². The predicted octanol–water partition coefficient (Wildman–Crippen LogP) is 1.20. The van der Waals surface area contributed by atoms with Crippen molar-refractivity contribution < 1.29 is 4.79 Å². The van der Waals surface area contributed by atoms with E-state index in [1.54, 1.807) is 0 Å². The van der Waals surface area contributed by atoms with Crippen LogP contribution in [0.5, 0.6) is 0 Å². The number of hydrogen-bond acceptors (Lipinski definition) is 6. The monoisotopic (exact) mass is 272 g/mol. The minimum absolute atomic E-state index is 0.253. The summed E-state index contributed by atoms with van der Waals surface area (Å²) < 4.78 is 0. The van der Waals surface area contributed by atoms with Crippen LogP contribution in [0.1, 0.15) is 21.9 Å². The van der Waals surface area contributed by atoms with Gasteiger partial charge in [0.1, 0.15) is 5.69 Å². The molecule has 0 unspecified atom stereocenters. The molecule has 0 aliphatic carbocycles. The summed E-state index contributed by atoms with van der Waals surface area (Å²) in [5.74, 6) is 0.281. The topological polar surface area (TPSA) is 83.9 Å². The highest BCUT2D eigenvalue weighted by molar-refractivity contribution is 6.03. The van der Waals surface area contributed by atoms with Crippen molar-refractivity contribution >= 4 is 17.5 Å². The Labute approximate surface area is 117 Å². The van der Waals surface area contributed by atoms with Gasteiger partial charge in [-0.3, -0.25) is 9.78 Å². The smallest absolute Gasteiger partial charge is 0.275 e. The minimum Gasteiger partial charge on any atom is -0.347 e. The van der Waals surface area contributed by atoms with Crippen LogP contribution in [0.4, 0.5) is 11.6 Å². The van der Waals surface area contributed by atoms with Crippen LogP contribution in [-0.2, 0) is 0 Å². The molecule has 0 atom stereocenters. The molecule has 1 amide bonds. The highest BCUT2D eigenvalue weighted by atomic mass is 16.1. The summed E-state index contributed by atoms with van der Waals surface area (Å²) in [6, 6.07) is 0. The SMILES string of the molecule is Cc1nc(N(C)C)nc(C)c1NC(=O)c1cnccn1. The molecule has 0 fully saturated rings. The summed E-state index contributed by atoms with van der Waals surface area (Å²) in [5, 5.41) is 2.78. The molecular formula is C13H16N6O. The largest absolute Gasteiger partial charge is 0.347 e. The van der Waals surface area contributed by atoms with Gasteiger partial charge in [0.05, 0.1) is 23.3 Å². The summed E-state index contributed by atoms with van der Waals surface area (Å²) in [6.07, 6.45) is 4.40. The molecular weight excluding hydrogens is 256 g/mol. The molecule has 0 saturated heterocycles. The zero-order valence-electron chi connectivity index (χ0n) is 11.9. The fourth-order valence-corrected chi connectivity index (χ4v) is 1.67. The van der Waals surface area contributed by atoms with Crippen LogP contribution >= 0.6 is 0 Å². The lowest BCUT2D eigenvalue weighted by Crippen LogP contribution is -2.19. The Hall–Kier alpha value is -2.57. The molecule has 0 aromatic carbocycles. The summed E-state index contributed by atoms with van der Waals surface area (Å²) in [6.45, 7) is 3.65. The molecule has 7 heteroatoms. The minimum atomic E-state index is -0.328. The van der Waals surface area contributed by atoms with Crippen LogP contribution in [-0.4, -0.2) is 39.9 Å². The van der Waals surface area contributed by atoms with Gasteiger partial charge >= 0.3 is 0 Å². The van der Waals surface area contributed by atoms with Gasteiger partial charge in [0.15, 0.2) is 0 Å². The number of nitrogens with one attached hydrogen (secondary N) is 1. The number of aryl methyl sites for hydroxylation is 2. The molecule has 0 aliphatic rings. The van der Waals surface area contributed by atoms with E-state index in [1.165, 1.54) is 18.6 Å². The number of hydrogen-bond donors (Lipinski definition) is 1. The van der Waals surface area contributed by atoms with Crippen molar-refractivity contribution in [2.75, 3.05) is 24.3 Å². The number of amides is 1. The summed E-state index contributed by atoms with van der Waals surface area (Å²) in [7, 11) is 3.73. The lowest BCUT2D eigenvalue weighted by molar-refractivity contribution is 0.102. The van der Waals surface area contributed by atoms with Gasteiger partial charge in [-0.2, -0.15) is 0 Å². The highest BCUT2D eigenvalue weighted by Crippen LogP contribution is 2.19. The normalized spacial score (nSPS) is 10.2. The molecule has 7 nitrogen and oxygen atoms in total. The number of carbonyl (C=O) groups excluding carboxylic acids is 1. The Morgan fingerprint density at radius 1 is 1.15 bits per heavy atom. The Morgan fingerprint density at radius 3 is 2.30 bits per heavy atom. The van der Waals surface area contributed by atoms with E-state index in [2.05, 4.69) is 25.3 Å². The van der Waals surface area contributed by atoms with Crippen LogP contribution in [0.25, 0.3) is 0 Å². The highest BCUT2D eigenvalue weighted by Gasteiger charge is 2.14. The van der Waals surface area contributed by atoms with Crippen LogP contribution in [0.2, 0.25) is 0 Å². The van der Waals surface area contributed by atoms with Crippen molar-refractivity contribution in [3.63, 3.8) is 0 Å². The molecule has 2 aromatic rings. The van der Waals surface area contributed by atoms with Crippen LogP contribution < -0.4 is 10.2 Å². The maximum atomic E-state index is 12.1. The zero-order valence-corrected chi connectivity index (χ0v) is 11.9. The molecule has 2 rings (SSSR count). The molecule has 20 heavy (non-hydrogen) atoms. The molecule has 1 N–H and O–H groups in total. The third-order valence-corrected chi connectivity index (χ3v) is 2.69. The molecule has 0 aliphatic heterocycles. The number of aromatic nitrogens is 4. The fraction of sp³-hybridized carbons (Fsp3) is 0.308. The molecule has 2 heterocycles. The molecule has 0 radical (unpaired) electrons. The first-order valence-electron chi connectivity index (χ1n) is 6.09. The standard InChI is InChI=1S/C13H16N6O/c1-8-11(9(2)17-13(16-8)19(3)4)18-12(20)10-7-14-5-6-15-10/h5-7H,1-4H3,(H,18,20). The van der Waals surface area contributed by atoms with Crippen molar-refractivity contribution in [3.8, 4) is 0 Å². The van der Waals surface area contributed by atoms with E-state index in [0.29, 0.717) is 23.0 Å². The van der Waals surface area contributed by atoms with E-state index in [0.717, 1.165) is 0 Å². The van der Waals surface area contributed by atoms with Gasteiger partial charge in [-0.25, -0.2) is 15.0 Å². The van der Waals surface area contributed by atoms with Gasteiger partial charge in [0, 0.05) is 26.5 Å². The van der Waals surface area contributed by atoms with Gasteiger partial charge in [-0.05, 0) is 13.8 Å². The lowest BCUT2D eigenvalue weighted by atomic mass is 10.2. The first kappa shape index (κ1) is 13.9. The Balaban J connectivity index is 2.28. The first-order chi connectivity index (χ1) is 9.49. The van der Waals surface area contributed by atoms with Crippen molar-refractivity contribution in [3.05, 3.63) is 35.7 Å². The quantitative estimate of drug-likeness (QED) is 0.904. The van der Waals surface area contributed by atoms with Gasteiger partial charge in [0.2, 0.25) is 5.95 Å². The van der Waals surface area contributed by atoms with E-state index in [4.69, 9.17) is 0 Å². The third-order valence-electron chi connectivity index (χ3n) is 2.69. The van der Waals surface area contributed by atoms with Crippen molar-refractivity contribution in [2.24, 2.45) is 0 Å². The van der Waals surface area contributed by atoms with Gasteiger partial charge in [-0.1, -0.05) is 0 Å². The van der Waals surface area contributed by atoms with Crippen LogP contribution in [0, 0.1) is 13.8 Å². The summed E-state index contributed by atoms with van der Waals surface area (Å²) in [5.41, 5.74) is 2.27. The van der Waals surface area contributed by atoms with Crippen molar-refractivity contribution in [1.29, 1.82) is 0 Å². The van der Waals surface area contributed by atoms with E-state index in [-0.39, 0.29) is 11.6 Å². The maximum Gasteiger partial charge on any atom is 0.275 e. The molecule has 104 valence electrons.